The van der Waals surface area contributed by atoms with Crippen LogP contribution in [-0.2, 0) is 11.3 Å². The van der Waals surface area contributed by atoms with Gasteiger partial charge in [0.2, 0.25) is 0 Å². The first-order valence-electron chi connectivity index (χ1n) is 8.22. The lowest BCUT2D eigenvalue weighted by atomic mass is 10.0. The fraction of sp³-hybridized carbons (Fsp3) is 0.667. The zero-order valence-corrected chi connectivity index (χ0v) is 12.8. The highest BCUT2D eigenvalue weighted by molar-refractivity contribution is 5.13. The summed E-state index contributed by atoms with van der Waals surface area (Å²) in [4.78, 5) is 0. The van der Waals surface area contributed by atoms with Crippen LogP contribution in [0.1, 0.15) is 44.1 Å². The number of aliphatic hydroxyl groups is 2. The van der Waals surface area contributed by atoms with Gasteiger partial charge in [-0.3, -0.25) is 0 Å². The molecule has 3 atom stereocenters. The number of hydrogen-bond acceptors (Lipinski definition) is 3. The Morgan fingerprint density at radius 3 is 2.62 bits per heavy atom. The first-order chi connectivity index (χ1) is 10.3. The highest BCUT2D eigenvalue weighted by Gasteiger charge is 2.41. The minimum Gasteiger partial charge on any atom is -0.396 e. The molecular formula is C18H28O3. The van der Waals surface area contributed by atoms with Gasteiger partial charge in [0.05, 0.1) is 19.3 Å². The fourth-order valence-electron chi connectivity index (χ4n) is 2.87. The van der Waals surface area contributed by atoms with Gasteiger partial charge >= 0.3 is 0 Å². The molecule has 0 heterocycles. The van der Waals surface area contributed by atoms with Crippen molar-refractivity contribution in [2.24, 2.45) is 11.8 Å². The van der Waals surface area contributed by atoms with E-state index in [4.69, 9.17) is 9.84 Å². The molecule has 0 unspecified atom stereocenters. The van der Waals surface area contributed by atoms with Gasteiger partial charge in [-0.2, -0.15) is 0 Å². The molecule has 1 fully saturated rings. The molecule has 1 aliphatic carbocycles. The SMILES string of the molecule is OCCCCCC[C@@H](O)[C@@H]1C[C@H]1COCc1ccccc1. The maximum Gasteiger partial charge on any atom is 0.0717 e. The summed E-state index contributed by atoms with van der Waals surface area (Å²) in [5.41, 5.74) is 1.21. The van der Waals surface area contributed by atoms with Gasteiger partial charge in [-0.05, 0) is 36.7 Å². The summed E-state index contributed by atoms with van der Waals surface area (Å²) in [5, 5.41) is 18.8. The molecule has 0 bridgehead atoms. The van der Waals surface area contributed by atoms with Crippen LogP contribution in [0.5, 0.6) is 0 Å². The van der Waals surface area contributed by atoms with E-state index in [9.17, 15) is 5.11 Å². The molecular weight excluding hydrogens is 264 g/mol. The molecule has 1 aromatic carbocycles. The first kappa shape index (κ1) is 16.5. The number of aliphatic hydroxyl groups excluding tert-OH is 2. The Kier molecular flexibility index (Phi) is 7.20. The molecule has 0 aliphatic heterocycles. The fourth-order valence-corrected chi connectivity index (χ4v) is 2.87. The Labute approximate surface area is 128 Å². The van der Waals surface area contributed by atoms with Gasteiger partial charge in [-0.15, -0.1) is 0 Å². The summed E-state index contributed by atoms with van der Waals surface area (Å²) in [7, 11) is 0. The molecule has 1 aromatic rings. The second kappa shape index (κ2) is 9.19. The van der Waals surface area contributed by atoms with E-state index in [-0.39, 0.29) is 12.7 Å². The lowest BCUT2D eigenvalue weighted by molar-refractivity contribution is 0.0865. The van der Waals surface area contributed by atoms with Crippen LogP contribution < -0.4 is 0 Å². The van der Waals surface area contributed by atoms with Crippen molar-refractivity contribution in [2.45, 2.75) is 51.2 Å². The van der Waals surface area contributed by atoms with Gasteiger partial charge in [0.25, 0.3) is 0 Å². The maximum absolute atomic E-state index is 10.1. The smallest absolute Gasteiger partial charge is 0.0717 e. The van der Waals surface area contributed by atoms with E-state index in [0.717, 1.165) is 45.1 Å². The van der Waals surface area contributed by atoms with Crippen LogP contribution in [0.3, 0.4) is 0 Å². The van der Waals surface area contributed by atoms with Crippen LogP contribution in [0.15, 0.2) is 30.3 Å². The molecule has 2 rings (SSSR count). The highest BCUT2D eigenvalue weighted by atomic mass is 16.5. The zero-order chi connectivity index (χ0) is 14.9. The third-order valence-electron chi connectivity index (χ3n) is 4.32. The van der Waals surface area contributed by atoms with Crippen molar-refractivity contribution < 1.29 is 14.9 Å². The average Bonchev–Trinajstić information content (AvgIpc) is 3.28. The summed E-state index contributed by atoms with van der Waals surface area (Å²) in [6.07, 6.45) is 5.96. The monoisotopic (exact) mass is 292 g/mol. The molecule has 3 nitrogen and oxygen atoms in total. The van der Waals surface area contributed by atoms with Crippen molar-refractivity contribution in [3.63, 3.8) is 0 Å². The van der Waals surface area contributed by atoms with Crippen molar-refractivity contribution in [1.82, 2.24) is 0 Å². The lowest BCUT2D eigenvalue weighted by Crippen LogP contribution is -2.12. The summed E-state index contributed by atoms with van der Waals surface area (Å²) >= 11 is 0. The van der Waals surface area contributed by atoms with E-state index >= 15 is 0 Å². The van der Waals surface area contributed by atoms with E-state index in [0.29, 0.717) is 18.4 Å². The predicted octanol–water partition coefficient (Wildman–Crippen LogP) is 3.14. The van der Waals surface area contributed by atoms with Crippen LogP contribution in [0, 0.1) is 11.8 Å². The topological polar surface area (TPSA) is 49.7 Å². The molecule has 0 aromatic heterocycles. The van der Waals surface area contributed by atoms with E-state index in [1.165, 1.54) is 5.56 Å². The second-order valence-corrected chi connectivity index (χ2v) is 6.15. The average molecular weight is 292 g/mol. The number of benzene rings is 1. The maximum atomic E-state index is 10.1. The van der Waals surface area contributed by atoms with Gasteiger partial charge in [0, 0.05) is 6.61 Å². The Morgan fingerprint density at radius 2 is 1.86 bits per heavy atom. The van der Waals surface area contributed by atoms with E-state index in [1.54, 1.807) is 0 Å². The molecule has 1 saturated carbocycles. The third-order valence-corrected chi connectivity index (χ3v) is 4.32. The Balaban J connectivity index is 1.51. The van der Waals surface area contributed by atoms with Crippen LogP contribution in [-0.4, -0.2) is 29.5 Å². The predicted molar refractivity (Wildman–Crippen MR) is 83.9 cm³/mol. The van der Waals surface area contributed by atoms with Crippen LogP contribution in [0.2, 0.25) is 0 Å². The van der Waals surface area contributed by atoms with Gasteiger partial charge in [-0.1, -0.05) is 49.6 Å². The standard InChI is InChI=1S/C18H28O3/c19-11-7-2-1-6-10-18(20)17-12-16(17)14-21-13-15-8-4-3-5-9-15/h3-5,8-9,16-20H,1-2,6-7,10-14H2/t16-,17+,18+/m0/s1. The second-order valence-electron chi connectivity index (χ2n) is 6.15. The van der Waals surface area contributed by atoms with Crippen molar-refractivity contribution in [2.75, 3.05) is 13.2 Å². The minimum atomic E-state index is -0.163. The Bertz CT molecular complexity index is 379. The molecule has 0 amide bonds. The molecule has 0 spiro atoms. The van der Waals surface area contributed by atoms with Crippen LogP contribution >= 0.6 is 0 Å². The summed E-state index contributed by atoms with van der Waals surface area (Å²) < 4.78 is 5.74. The van der Waals surface area contributed by atoms with E-state index in [1.807, 2.05) is 18.2 Å². The quantitative estimate of drug-likeness (QED) is 0.616. The summed E-state index contributed by atoms with van der Waals surface area (Å²) in [6, 6.07) is 10.2. The van der Waals surface area contributed by atoms with Gasteiger partial charge in [0.15, 0.2) is 0 Å². The summed E-state index contributed by atoms with van der Waals surface area (Å²) in [5.74, 6) is 0.986. The number of rotatable bonds is 11. The van der Waals surface area contributed by atoms with Crippen LogP contribution in [0.25, 0.3) is 0 Å². The van der Waals surface area contributed by atoms with Crippen LogP contribution in [0.4, 0.5) is 0 Å². The Morgan fingerprint density at radius 1 is 1.10 bits per heavy atom. The largest absolute Gasteiger partial charge is 0.396 e. The highest BCUT2D eigenvalue weighted by Crippen LogP contribution is 2.42. The van der Waals surface area contributed by atoms with E-state index in [2.05, 4.69) is 12.1 Å². The molecule has 3 heteroatoms. The number of unbranched alkanes of at least 4 members (excludes halogenated alkanes) is 3. The molecule has 0 radical (unpaired) electrons. The molecule has 118 valence electrons. The van der Waals surface area contributed by atoms with E-state index < -0.39 is 0 Å². The lowest BCUT2D eigenvalue weighted by Gasteiger charge is -2.10. The number of hydrogen-bond donors (Lipinski definition) is 2. The van der Waals surface area contributed by atoms with Crippen molar-refractivity contribution in [3.05, 3.63) is 35.9 Å². The summed E-state index contributed by atoms with van der Waals surface area (Å²) in [6.45, 7) is 1.72. The van der Waals surface area contributed by atoms with Crippen molar-refractivity contribution in [3.8, 4) is 0 Å². The molecule has 2 N–H and O–H groups in total. The molecule has 0 saturated heterocycles. The van der Waals surface area contributed by atoms with Crippen molar-refractivity contribution >= 4 is 0 Å². The minimum absolute atomic E-state index is 0.163. The van der Waals surface area contributed by atoms with Crippen molar-refractivity contribution in [1.29, 1.82) is 0 Å². The van der Waals surface area contributed by atoms with Gasteiger partial charge in [0.1, 0.15) is 0 Å². The first-order valence-corrected chi connectivity index (χ1v) is 8.22. The van der Waals surface area contributed by atoms with Gasteiger partial charge < -0.3 is 14.9 Å². The molecule has 21 heavy (non-hydrogen) atoms. The normalized spacial score (nSPS) is 22.2. The number of ether oxygens (including phenoxy) is 1. The van der Waals surface area contributed by atoms with Gasteiger partial charge in [-0.25, -0.2) is 0 Å². The molecule has 1 aliphatic rings. The zero-order valence-electron chi connectivity index (χ0n) is 12.8. The Hall–Kier alpha value is -0.900. The third kappa shape index (κ3) is 6.16.